The second kappa shape index (κ2) is 6.31. The number of aliphatic carboxylic acids is 1. The van der Waals surface area contributed by atoms with E-state index in [1.807, 2.05) is 6.07 Å². The zero-order valence-corrected chi connectivity index (χ0v) is 12.4. The van der Waals surface area contributed by atoms with E-state index < -0.39 is 11.4 Å². The van der Waals surface area contributed by atoms with Crippen molar-refractivity contribution < 1.29 is 9.90 Å². The second-order valence-electron chi connectivity index (χ2n) is 5.24. The molecule has 1 saturated carbocycles. The topological polar surface area (TPSA) is 62.2 Å². The summed E-state index contributed by atoms with van der Waals surface area (Å²) < 4.78 is 0. The second-order valence-corrected chi connectivity index (χ2v) is 5.65. The molecule has 0 saturated heterocycles. The molecule has 108 valence electrons. The Kier molecular flexibility index (Phi) is 4.70. The molecule has 1 aromatic heterocycles. The lowest BCUT2D eigenvalue weighted by atomic mass is 9.66. The summed E-state index contributed by atoms with van der Waals surface area (Å²) in [4.78, 5) is 16.8. The van der Waals surface area contributed by atoms with Crippen LogP contribution in [0.25, 0.3) is 0 Å². The van der Waals surface area contributed by atoms with Crippen molar-refractivity contribution in [3.05, 3.63) is 30.1 Å². The number of likely N-dealkylation sites (N-methyl/N-ethyl adjacent to an activating group) is 1. The van der Waals surface area contributed by atoms with Crippen LogP contribution >= 0.6 is 12.2 Å². The van der Waals surface area contributed by atoms with Crippen molar-refractivity contribution in [2.24, 2.45) is 5.92 Å². The molecule has 1 unspecified atom stereocenters. The molecule has 1 heterocycles. The predicted molar refractivity (Wildman–Crippen MR) is 81.8 cm³/mol. The van der Waals surface area contributed by atoms with Crippen LogP contribution in [0.2, 0.25) is 0 Å². The van der Waals surface area contributed by atoms with Gasteiger partial charge in [-0.2, -0.15) is 0 Å². The summed E-state index contributed by atoms with van der Waals surface area (Å²) in [6.45, 7) is 0. The van der Waals surface area contributed by atoms with Crippen LogP contribution in [0.15, 0.2) is 24.4 Å². The van der Waals surface area contributed by atoms with Gasteiger partial charge in [-0.1, -0.05) is 37.5 Å². The molecule has 20 heavy (non-hydrogen) atoms. The average molecular weight is 292 g/mol. The Labute approximate surface area is 124 Å². The van der Waals surface area contributed by atoms with Gasteiger partial charge in [0, 0.05) is 13.2 Å². The van der Waals surface area contributed by atoms with Crippen LogP contribution in [-0.2, 0) is 10.2 Å². The minimum atomic E-state index is -1.20. The van der Waals surface area contributed by atoms with E-state index in [1.54, 1.807) is 25.4 Å². The number of rotatable bonds is 4. The number of carboxylic acid groups (broad SMARTS) is 1. The number of aromatic nitrogens is 1. The third-order valence-electron chi connectivity index (χ3n) is 4.21. The molecule has 1 aliphatic carbocycles. The molecular formula is C15H20N2O2S. The van der Waals surface area contributed by atoms with E-state index in [0.717, 1.165) is 25.7 Å². The van der Waals surface area contributed by atoms with Gasteiger partial charge in [-0.15, -0.1) is 0 Å². The summed E-state index contributed by atoms with van der Waals surface area (Å²) >= 11 is 5.40. The van der Waals surface area contributed by atoms with Gasteiger partial charge < -0.3 is 10.4 Å². The molecule has 2 N–H and O–H groups in total. The van der Waals surface area contributed by atoms with Crippen LogP contribution in [0.5, 0.6) is 0 Å². The summed E-state index contributed by atoms with van der Waals surface area (Å²) in [6.07, 6.45) is 6.67. The van der Waals surface area contributed by atoms with Gasteiger partial charge >= 0.3 is 5.97 Å². The van der Waals surface area contributed by atoms with Crippen molar-refractivity contribution >= 4 is 23.2 Å². The predicted octanol–water partition coefficient (Wildman–Crippen LogP) is 2.53. The third kappa shape index (κ3) is 2.42. The minimum absolute atomic E-state index is 0.00333. The van der Waals surface area contributed by atoms with Gasteiger partial charge in [-0.05, 0) is 30.9 Å². The smallest absolute Gasteiger partial charge is 0.323 e. The molecule has 0 spiro atoms. The number of pyridine rings is 1. The van der Waals surface area contributed by atoms with Crippen molar-refractivity contribution in [2.45, 2.75) is 37.5 Å². The molecule has 0 radical (unpaired) electrons. The highest BCUT2D eigenvalue weighted by Crippen LogP contribution is 2.41. The molecule has 1 aliphatic rings. The Hall–Kier alpha value is -1.49. The molecule has 1 atom stereocenters. The zero-order chi connectivity index (χ0) is 14.6. The first-order chi connectivity index (χ1) is 9.64. The lowest BCUT2D eigenvalue weighted by molar-refractivity contribution is -0.143. The van der Waals surface area contributed by atoms with E-state index in [1.165, 1.54) is 6.42 Å². The van der Waals surface area contributed by atoms with E-state index in [0.29, 0.717) is 10.7 Å². The SMILES string of the molecule is CNC(=S)C(C(=O)O)(c1ccccn1)C1CCCCC1. The summed E-state index contributed by atoms with van der Waals surface area (Å²) in [7, 11) is 1.69. The van der Waals surface area contributed by atoms with Gasteiger partial charge in [0.25, 0.3) is 0 Å². The first-order valence-corrected chi connectivity index (χ1v) is 7.42. The lowest BCUT2D eigenvalue weighted by Gasteiger charge is -2.39. The molecule has 1 fully saturated rings. The van der Waals surface area contributed by atoms with E-state index in [4.69, 9.17) is 12.2 Å². The number of thiocarbonyl (C=S) groups is 1. The van der Waals surface area contributed by atoms with Crippen LogP contribution in [0.1, 0.15) is 37.8 Å². The zero-order valence-electron chi connectivity index (χ0n) is 11.6. The maximum atomic E-state index is 12.2. The highest BCUT2D eigenvalue weighted by molar-refractivity contribution is 7.80. The third-order valence-corrected chi connectivity index (χ3v) is 4.74. The summed E-state index contributed by atoms with van der Waals surface area (Å²) in [5, 5.41) is 12.9. The minimum Gasteiger partial charge on any atom is -0.480 e. The molecule has 0 amide bonds. The average Bonchev–Trinajstić information content (AvgIpc) is 2.49. The van der Waals surface area contributed by atoms with Crippen molar-refractivity contribution in [3.8, 4) is 0 Å². The Bertz CT molecular complexity index is 486. The maximum Gasteiger partial charge on any atom is 0.323 e. The number of carboxylic acids is 1. The fourth-order valence-electron chi connectivity index (χ4n) is 3.22. The van der Waals surface area contributed by atoms with Gasteiger partial charge in [-0.25, -0.2) is 0 Å². The molecular weight excluding hydrogens is 272 g/mol. The van der Waals surface area contributed by atoms with Crippen molar-refractivity contribution in [3.63, 3.8) is 0 Å². The summed E-state index contributed by atoms with van der Waals surface area (Å²) in [5.74, 6) is -0.897. The number of hydrogen-bond donors (Lipinski definition) is 2. The van der Waals surface area contributed by atoms with Gasteiger partial charge in [0.2, 0.25) is 0 Å². The Morgan fingerprint density at radius 3 is 2.60 bits per heavy atom. The van der Waals surface area contributed by atoms with Gasteiger partial charge in [0.05, 0.1) is 10.7 Å². The van der Waals surface area contributed by atoms with E-state index >= 15 is 0 Å². The standard InChI is InChI=1S/C15H20N2O2S/c1-16-13(20)15(14(18)19,11-7-3-2-4-8-11)12-9-5-6-10-17-12/h5-6,9-11H,2-4,7-8H2,1H3,(H,16,20)(H,18,19). The number of hydrogen-bond acceptors (Lipinski definition) is 3. The van der Waals surface area contributed by atoms with Crippen LogP contribution < -0.4 is 5.32 Å². The van der Waals surface area contributed by atoms with Gasteiger partial charge in [0.1, 0.15) is 0 Å². The molecule has 2 rings (SSSR count). The van der Waals surface area contributed by atoms with Crippen molar-refractivity contribution in [1.29, 1.82) is 0 Å². The summed E-state index contributed by atoms with van der Waals surface area (Å²) in [6, 6.07) is 5.38. The Morgan fingerprint density at radius 1 is 1.40 bits per heavy atom. The fraction of sp³-hybridized carbons (Fsp3) is 0.533. The molecule has 0 bridgehead atoms. The normalized spacial score (nSPS) is 19.1. The van der Waals surface area contributed by atoms with E-state index in [-0.39, 0.29) is 5.92 Å². The Balaban J connectivity index is 2.55. The maximum absolute atomic E-state index is 12.2. The first-order valence-electron chi connectivity index (χ1n) is 7.01. The van der Waals surface area contributed by atoms with Crippen LogP contribution in [0, 0.1) is 5.92 Å². The van der Waals surface area contributed by atoms with Crippen LogP contribution in [-0.4, -0.2) is 28.1 Å². The molecule has 1 aromatic rings. The molecule has 4 nitrogen and oxygen atoms in total. The number of nitrogens with one attached hydrogen (secondary N) is 1. The number of carbonyl (C=O) groups is 1. The largest absolute Gasteiger partial charge is 0.480 e. The number of nitrogens with zero attached hydrogens (tertiary/aromatic N) is 1. The van der Waals surface area contributed by atoms with E-state index in [9.17, 15) is 9.90 Å². The van der Waals surface area contributed by atoms with Crippen LogP contribution in [0.4, 0.5) is 0 Å². The quantitative estimate of drug-likeness (QED) is 0.835. The van der Waals surface area contributed by atoms with Gasteiger partial charge in [0.15, 0.2) is 5.41 Å². The van der Waals surface area contributed by atoms with Crippen LogP contribution in [0.3, 0.4) is 0 Å². The van der Waals surface area contributed by atoms with E-state index in [2.05, 4.69) is 10.3 Å². The van der Waals surface area contributed by atoms with Gasteiger partial charge in [-0.3, -0.25) is 9.78 Å². The monoisotopic (exact) mass is 292 g/mol. The fourth-order valence-corrected chi connectivity index (χ4v) is 3.58. The Morgan fingerprint density at radius 2 is 2.10 bits per heavy atom. The van der Waals surface area contributed by atoms with Crippen molar-refractivity contribution in [2.75, 3.05) is 7.05 Å². The molecule has 5 heteroatoms. The highest BCUT2D eigenvalue weighted by atomic mass is 32.1. The highest BCUT2D eigenvalue weighted by Gasteiger charge is 2.52. The summed E-state index contributed by atoms with van der Waals surface area (Å²) in [5.41, 5.74) is -0.662. The van der Waals surface area contributed by atoms with Crippen molar-refractivity contribution in [1.82, 2.24) is 10.3 Å². The lowest BCUT2D eigenvalue weighted by Crippen LogP contribution is -2.54. The molecule has 0 aromatic carbocycles. The molecule has 0 aliphatic heterocycles. The first kappa shape index (κ1) is 14.9.